The van der Waals surface area contributed by atoms with Gasteiger partial charge >= 0.3 is 0 Å². The Bertz CT molecular complexity index is 398. The average Bonchev–Trinajstić information content (AvgIpc) is 2.35. The van der Waals surface area contributed by atoms with E-state index in [2.05, 4.69) is 18.2 Å². The molecule has 0 aliphatic rings. The molecule has 0 spiro atoms. The van der Waals surface area contributed by atoms with Gasteiger partial charge in [-0.1, -0.05) is 36.9 Å². The normalized spacial score (nSPS) is 11.9. The quantitative estimate of drug-likeness (QED) is 0.784. The summed E-state index contributed by atoms with van der Waals surface area (Å²) in [6, 6.07) is 5.70. The van der Waals surface area contributed by atoms with Crippen molar-refractivity contribution < 1.29 is 4.74 Å². The van der Waals surface area contributed by atoms with Gasteiger partial charge < -0.3 is 4.74 Å². The fourth-order valence-corrected chi connectivity index (χ4v) is 1.89. The average molecular weight is 252 g/mol. The third-order valence-electron chi connectivity index (χ3n) is 2.60. The summed E-state index contributed by atoms with van der Waals surface area (Å²) >= 11 is 6.14. The minimum absolute atomic E-state index is 0.0842. The van der Waals surface area contributed by atoms with Gasteiger partial charge in [0.05, 0.1) is 13.2 Å². The molecule has 0 aliphatic heterocycles. The molecule has 0 heterocycles. The second kappa shape index (κ2) is 7.21. The van der Waals surface area contributed by atoms with Crippen LogP contribution < -0.4 is 10.1 Å². The molecule has 0 fully saturated rings. The topological polar surface area (TPSA) is 21.3 Å². The van der Waals surface area contributed by atoms with E-state index in [1.54, 1.807) is 7.11 Å². The first-order chi connectivity index (χ1) is 8.22. The number of terminal acetylenes is 1. The zero-order chi connectivity index (χ0) is 12.7. The number of rotatable bonds is 6. The number of hydrogen-bond acceptors (Lipinski definition) is 2. The van der Waals surface area contributed by atoms with Crippen LogP contribution in [0, 0.1) is 12.3 Å². The Balaban J connectivity index is 2.71. The first-order valence-corrected chi connectivity index (χ1v) is 6.11. The lowest BCUT2D eigenvalue weighted by atomic mass is 10.1. The Kier molecular flexibility index (Phi) is 5.90. The van der Waals surface area contributed by atoms with E-state index in [1.807, 2.05) is 18.2 Å². The van der Waals surface area contributed by atoms with Crippen molar-refractivity contribution >= 4 is 11.6 Å². The van der Waals surface area contributed by atoms with Crippen molar-refractivity contribution in [3.8, 4) is 18.1 Å². The molecule has 1 aromatic rings. The number of ether oxygens (including phenoxy) is 1. The summed E-state index contributed by atoms with van der Waals surface area (Å²) in [5.74, 6) is 3.52. The highest BCUT2D eigenvalue weighted by molar-refractivity contribution is 6.31. The fourth-order valence-electron chi connectivity index (χ4n) is 1.66. The lowest BCUT2D eigenvalue weighted by Gasteiger charge is -2.15. The van der Waals surface area contributed by atoms with Gasteiger partial charge in [0.2, 0.25) is 0 Å². The first kappa shape index (κ1) is 13.9. The third-order valence-corrected chi connectivity index (χ3v) is 2.95. The zero-order valence-electron chi connectivity index (χ0n) is 10.3. The third kappa shape index (κ3) is 3.96. The molecule has 0 saturated carbocycles. The maximum absolute atomic E-state index is 6.14. The Labute approximate surface area is 108 Å². The van der Waals surface area contributed by atoms with Gasteiger partial charge in [0.25, 0.3) is 0 Å². The summed E-state index contributed by atoms with van der Waals surface area (Å²) in [6.07, 6.45) is 7.47. The molecule has 1 atom stereocenters. The molecule has 1 aromatic carbocycles. The second-order valence-corrected chi connectivity index (χ2v) is 4.22. The summed E-state index contributed by atoms with van der Waals surface area (Å²) in [6.45, 7) is 2.74. The molecule has 0 aliphatic carbocycles. The van der Waals surface area contributed by atoms with Crippen molar-refractivity contribution in [1.82, 2.24) is 5.32 Å². The van der Waals surface area contributed by atoms with Gasteiger partial charge in [0.1, 0.15) is 5.75 Å². The molecule has 0 amide bonds. The lowest BCUT2D eigenvalue weighted by Crippen LogP contribution is -2.27. The molecule has 92 valence electrons. The number of benzene rings is 1. The van der Waals surface area contributed by atoms with Crippen molar-refractivity contribution in [3.63, 3.8) is 0 Å². The van der Waals surface area contributed by atoms with Crippen LogP contribution in [0.2, 0.25) is 5.02 Å². The highest BCUT2D eigenvalue weighted by Crippen LogP contribution is 2.26. The van der Waals surface area contributed by atoms with Gasteiger partial charge in [0, 0.05) is 17.1 Å². The van der Waals surface area contributed by atoms with E-state index < -0.39 is 0 Å². The maximum atomic E-state index is 6.14. The van der Waals surface area contributed by atoms with Crippen molar-refractivity contribution in [2.45, 2.75) is 32.4 Å². The van der Waals surface area contributed by atoms with E-state index in [1.165, 1.54) is 0 Å². The van der Waals surface area contributed by atoms with Crippen molar-refractivity contribution in [1.29, 1.82) is 0 Å². The van der Waals surface area contributed by atoms with Gasteiger partial charge in [-0.25, -0.2) is 0 Å². The Morgan fingerprint density at radius 3 is 2.88 bits per heavy atom. The second-order valence-electron chi connectivity index (χ2n) is 3.81. The lowest BCUT2D eigenvalue weighted by molar-refractivity contribution is 0.406. The highest BCUT2D eigenvalue weighted by Gasteiger charge is 2.09. The van der Waals surface area contributed by atoms with Crippen LogP contribution in [-0.2, 0) is 6.54 Å². The van der Waals surface area contributed by atoms with E-state index in [-0.39, 0.29) is 6.04 Å². The first-order valence-electron chi connectivity index (χ1n) is 5.73. The van der Waals surface area contributed by atoms with Crippen LogP contribution in [0.4, 0.5) is 0 Å². The minimum atomic E-state index is 0.0842. The summed E-state index contributed by atoms with van der Waals surface area (Å²) in [5.41, 5.74) is 0.952. The van der Waals surface area contributed by atoms with Crippen LogP contribution in [0.3, 0.4) is 0 Å². The minimum Gasteiger partial charge on any atom is -0.496 e. The van der Waals surface area contributed by atoms with E-state index in [0.29, 0.717) is 11.6 Å². The van der Waals surface area contributed by atoms with Gasteiger partial charge in [-0.05, 0) is 18.6 Å². The molecule has 1 N–H and O–H groups in total. The molecule has 1 rings (SSSR count). The molecule has 3 heteroatoms. The Hall–Kier alpha value is -1.17. The largest absolute Gasteiger partial charge is 0.496 e. The van der Waals surface area contributed by atoms with Crippen LogP contribution in [0.25, 0.3) is 0 Å². The number of methoxy groups -OCH3 is 1. The van der Waals surface area contributed by atoms with Crippen molar-refractivity contribution in [3.05, 3.63) is 28.8 Å². The van der Waals surface area contributed by atoms with Gasteiger partial charge in [-0.15, -0.1) is 6.42 Å². The van der Waals surface area contributed by atoms with Crippen LogP contribution in [0.1, 0.15) is 25.3 Å². The smallest absolute Gasteiger partial charge is 0.124 e. The zero-order valence-corrected chi connectivity index (χ0v) is 11.1. The number of hydrogen-bond donors (Lipinski definition) is 1. The molecule has 0 aromatic heterocycles. The molecule has 0 saturated heterocycles. The van der Waals surface area contributed by atoms with Gasteiger partial charge in [-0.3, -0.25) is 5.32 Å². The van der Waals surface area contributed by atoms with Crippen molar-refractivity contribution in [2.75, 3.05) is 7.11 Å². The molecule has 1 unspecified atom stereocenters. The molecular weight excluding hydrogens is 234 g/mol. The number of nitrogens with one attached hydrogen (secondary N) is 1. The van der Waals surface area contributed by atoms with Crippen LogP contribution in [-0.4, -0.2) is 13.2 Å². The van der Waals surface area contributed by atoms with Crippen LogP contribution in [0.15, 0.2) is 18.2 Å². The number of halogens is 1. The Morgan fingerprint density at radius 1 is 1.53 bits per heavy atom. The fraction of sp³-hybridized carbons (Fsp3) is 0.429. The van der Waals surface area contributed by atoms with Crippen molar-refractivity contribution in [2.24, 2.45) is 0 Å². The highest BCUT2D eigenvalue weighted by atomic mass is 35.5. The van der Waals surface area contributed by atoms with Crippen LogP contribution >= 0.6 is 11.6 Å². The summed E-state index contributed by atoms with van der Waals surface area (Å²) < 4.78 is 5.28. The SMILES string of the molecule is C#CC(CCC)NCc1c(Cl)cccc1OC. The molecule has 17 heavy (non-hydrogen) atoms. The predicted octanol–water partition coefficient (Wildman–Crippen LogP) is 3.24. The predicted molar refractivity (Wildman–Crippen MR) is 72.4 cm³/mol. The van der Waals surface area contributed by atoms with E-state index in [9.17, 15) is 0 Å². The van der Waals surface area contributed by atoms with Crippen LogP contribution in [0.5, 0.6) is 5.75 Å². The van der Waals surface area contributed by atoms with E-state index in [4.69, 9.17) is 22.8 Å². The summed E-state index contributed by atoms with van der Waals surface area (Å²) in [4.78, 5) is 0. The molecular formula is C14H18ClNO. The summed E-state index contributed by atoms with van der Waals surface area (Å²) in [7, 11) is 1.64. The van der Waals surface area contributed by atoms with Gasteiger partial charge in [-0.2, -0.15) is 0 Å². The maximum Gasteiger partial charge on any atom is 0.124 e. The molecule has 0 radical (unpaired) electrons. The van der Waals surface area contributed by atoms with Gasteiger partial charge in [0.15, 0.2) is 0 Å². The Morgan fingerprint density at radius 2 is 2.29 bits per heavy atom. The van der Waals surface area contributed by atoms with E-state index in [0.717, 1.165) is 24.2 Å². The standard InChI is InChI=1S/C14H18ClNO/c1-4-7-11(5-2)16-10-12-13(15)8-6-9-14(12)17-3/h2,6,8-9,11,16H,4,7,10H2,1,3H3. The molecule has 0 bridgehead atoms. The molecule has 2 nitrogen and oxygen atoms in total. The van der Waals surface area contributed by atoms with E-state index >= 15 is 0 Å². The monoisotopic (exact) mass is 251 g/mol. The summed E-state index contributed by atoms with van der Waals surface area (Å²) in [5, 5.41) is 4.00.